The Morgan fingerprint density at radius 2 is 2.09 bits per heavy atom. The van der Waals surface area contributed by atoms with E-state index < -0.39 is 6.04 Å². The van der Waals surface area contributed by atoms with Crippen molar-refractivity contribution in [2.45, 2.75) is 46.1 Å². The predicted molar refractivity (Wildman–Crippen MR) is 89.3 cm³/mol. The van der Waals surface area contributed by atoms with Crippen LogP contribution in [0.5, 0.6) is 0 Å². The van der Waals surface area contributed by atoms with Crippen LogP contribution in [-0.4, -0.2) is 52.2 Å². The van der Waals surface area contributed by atoms with Gasteiger partial charge in [0.05, 0.1) is 18.2 Å². The number of nitrogens with zero attached hydrogens (tertiary/aromatic N) is 3. The number of likely N-dealkylation sites (N-methyl/N-ethyl adjacent to an activating group) is 1. The van der Waals surface area contributed by atoms with Crippen molar-refractivity contribution in [1.29, 1.82) is 0 Å². The lowest BCUT2D eigenvalue weighted by Gasteiger charge is -2.33. The van der Waals surface area contributed by atoms with Crippen molar-refractivity contribution < 1.29 is 9.59 Å². The van der Waals surface area contributed by atoms with E-state index in [9.17, 15) is 9.59 Å². The summed E-state index contributed by atoms with van der Waals surface area (Å²) in [4.78, 5) is 26.5. The van der Waals surface area contributed by atoms with Crippen molar-refractivity contribution in [3.8, 4) is 0 Å². The van der Waals surface area contributed by atoms with E-state index in [-0.39, 0.29) is 18.2 Å². The SMILES string of the molecule is CCc1nn(C)c(NC(=O)C[C@H]2C(=O)NCCN2CC)c1CC. The summed E-state index contributed by atoms with van der Waals surface area (Å²) in [5.41, 5.74) is 2.08. The quantitative estimate of drug-likeness (QED) is 0.808. The van der Waals surface area contributed by atoms with Gasteiger partial charge >= 0.3 is 0 Å². The van der Waals surface area contributed by atoms with E-state index in [1.807, 2.05) is 18.9 Å². The molecular weight excluding hydrogens is 294 g/mol. The van der Waals surface area contributed by atoms with E-state index >= 15 is 0 Å². The topological polar surface area (TPSA) is 79.3 Å². The minimum atomic E-state index is -0.391. The van der Waals surface area contributed by atoms with E-state index in [1.54, 1.807) is 4.68 Å². The Labute approximate surface area is 137 Å². The molecule has 2 N–H and O–H groups in total. The molecule has 0 spiro atoms. The van der Waals surface area contributed by atoms with E-state index in [0.717, 1.165) is 43.0 Å². The van der Waals surface area contributed by atoms with Crippen LogP contribution in [0.1, 0.15) is 38.4 Å². The average molecular weight is 321 g/mol. The zero-order valence-corrected chi connectivity index (χ0v) is 14.5. The number of rotatable bonds is 6. The summed E-state index contributed by atoms with van der Waals surface area (Å²) in [6.45, 7) is 8.31. The monoisotopic (exact) mass is 321 g/mol. The van der Waals surface area contributed by atoms with Crippen LogP contribution in [-0.2, 0) is 29.5 Å². The number of piperazine rings is 1. The maximum absolute atomic E-state index is 12.4. The molecule has 0 aliphatic carbocycles. The van der Waals surface area contributed by atoms with Gasteiger partial charge in [-0.15, -0.1) is 0 Å². The van der Waals surface area contributed by atoms with Gasteiger partial charge in [-0.3, -0.25) is 19.2 Å². The summed E-state index contributed by atoms with van der Waals surface area (Å²) in [7, 11) is 1.83. The van der Waals surface area contributed by atoms with Crippen LogP contribution >= 0.6 is 0 Å². The second-order valence-electron chi connectivity index (χ2n) is 5.79. The van der Waals surface area contributed by atoms with Gasteiger partial charge in [0.2, 0.25) is 11.8 Å². The molecule has 23 heavy (non-hydrogen) atoms. The second-order valence-corrected chi connectivity index (χ2v) is 5.79. The highest BCUT2D eigenvalue weighted by atomic mass is 16.2. The molecule has 1 aromatic heterocycles. The molecule has 2 amide bonds. The highest BCUT2D eigenvalue weighted by Gasteiger charge is 2.31. The average Bonchev–Trinajstić information content (AvgIpc) is 2.84. The molecule has 0 radical (unpaired) electrons. The fraction of sp³-hybridized carbons (Fsp3) is 0.688. The predicted octanol–water partition coefficient (Wildman–Crippen LogP) is 0.694. The molecule has 0 aromatic carbocycles. The van der Waals surface area contributed by atoms with Crippen LogP contribution in [0.4, 0.5) is 5.82 Å². The number of aryl methyl sites for hydroxylation is 2. The van der Waals surface area contributed by atoms with Gasteiger partial charge in [-0.25, -0.2) is 0 Å². The number of hydrogen-bond acceptors (Lipinski definition) is 4. The zero-order valence-electron chi connectivity index (χ0n) is 14.5. The molecule has 1 saturated heterocycles. The third-order valence-electron chi connectivity index (χ3n) is 4.40. The van der Waals surface area contributed by atoms with Crippen molar-refractivity contribution in [2.24, 2.45) is 7.05 Å². The summed E-state index contributed by atoms with van der Waals surface area (Å²) in [6, 6.07) is -0.391. The first kappa shape index (κ1) is 17.5. The minimum Gasteiger partial charge on any atom is -0.353 e. The number of anilines is 1. The van der Waals surface area contributed by atoms with E-state index in [1.165, 1.54) is 0 Å². The van der Waals surface area contributed by atoms with Gasteiger partial charge in [0, 0.05) is 25.7 Å². The second kappa shape index (κ2) is 7.59. The summed E-state index contributed by atoms with van der Waals surface area (Å²) >= 11 is 0. The Bertz CT molecular complexity index is 581. The molecule has 128 valence electrons. The standard InChI is InChI=1S/C16H27N5O2/c1-5-11-12(6-2)19-20(4)15(11)18-14(22)10-13-16(23)17-8-9-21(13)7-3/h13H,5-10H2,1-4H3,(H,17,23)(H,18,22)/t13-/m0/s1. The fourth-order valence-corrected chi connectivity index (χ4v) is 3.16. The molecular formula is C16H27N5O2. The zero-order chi connectivity index (χ0) is 17.0. The Morgan fingerprint density at radius 3 is 2.70 bits per heavy atom. The van der Waals surface area contributed by atoms with Gasteiger partial charge < -0.3 is 10.6 Å². The molecule has 1 fully saturated rings. The minimum absolute atomic E-state index is 0.0665. The molecule has 0 bridgehead atoms. The highest BCUT2D eigenvalue weighted by Crippen LogP contribution is 2.21. The third kappa shape index (κ3) is 3.72. The normalized spacial score (nSPS) is 18.8. The van der Waals surface area contributed by atoms with Crippen LogP contribution in [0.2, 0.25) is 0 Å². The Hall–Kier alpha value is -1.89. The van der Waals surface area contributed by atoms with Crippen LogP contribution in [0, 0.1) is 0 Å². The van der Waals surface area contributed by atoms with Crippen LogP contribution < -0.4 is 10.6 Å². The third-order valence-corrected chi connectivity index (χ3v) is 4.40. The van der Waals surface area contributed by atoms with Crippen LogP contribution in [0.25, 0.3) is 0 Å². The largest absolute Gasteiger partial charge is 0.353 e. The van der Waals surface area contributed by atoms with Crippen molar-refractivity contribution in [1.82, 2.24) is 20.0 Å². The lowest BCUT2D eigenvalue weighted by molar-refractivity contribution is -0.132. The van der Waals surface area contributed by atoms with Gasteiger partial charge in [-0.05, 0) is 19.4 Å². The molecule has 1 aromatic rings. The summed E-state index contributed by atoms with van der Waals surface area (Å²) < 4.78 is 1.72. The fourth-order valence-electron chi connectivity index (χ4n) is 3.16. The van der Waals surface area contributed by atoms with E-state index in [2.05, 4.69) is 29.6 Å². The van der Waals surface area contributed by atoms with Crippen molar-refractivity contribution >= 4 is 17.6 Å². The Kier molecular flexibility index (Phi) is 5.76. The van der Waals surface area contributed by atoms with E-state index in [4.69, 9.17) is 0 Å². The number of carbonyl (C=O) groups excluding carboxylic acids is 2. The van der Waals surface area contributed by atoms with Crippen molar-refractivity contribution in [3.05, 3.63) is 11.3 Å². The van der Waals surface area contributed by atoms with Gasteiger partial charge in [0.15, 0.2) is 0 Å². The molecule has 1 atom stereocenters. The van der Waals surface area contributed by atoms with Gasteiger partial charge in [-0.2, -0.15) is 5.10 Å². The number of aromatic nitrogens is 2. The van der Waals surface area contributed by atoms with Crippen molar-refractivity contribution in [2.75, 3.05) is 25.0 Å². The summed E-state index contributed by atoms with van der Waals surface area (Å²) in [5, 5.41) is 10.2. The number of hydrogen-bond donors (Lipinski definition) is 2. The van der Waals surface area contributed by atoms with E-state index in [0.29, 0.717) is 6.54 Å². The highest BCUT2D eigenvalue weighted by molar-refractivity contribution is 5.95. The molecule has 0 unspecified atom stereocenters. The first-order valence-corrected chi connectivity index (χ1v) is 8.38. The molecule has 2 rings (SSSR count). The van der Waals surface area contributed by atoms with Gasteiger partial charge in [0.1, 0.15) is 5.82 Å². The number of nitrogens with one attached hydrogen (secondary N) is 2. The maximum Gasteiger partial charge on any atom is 0.237 e. The molecule has 7 nitrogen and oxygen atoms in total. The molecule has 2 heterocycles. The van der Waals surface area contributed by atoms with Gasteiger partial charge in [0.25, 0.3) is 0 Å². The maximum atomic E-state index is 12.4. The molecule has 1 aliphatic rings. The summed E-state index contributed by atoms with van der Waals surface area (Å²) in [6.07, 6.45) is 1.81. The summed E-state index contributed by atoms with van der Waals surface area (Å²) in [5.74, 6) is 0.530. The Morgan fingerprint density at radius 1 is 1.35 bits per heavy atom. The Balaban J connectivity index is 2.10. The molecule has 7 heteroatoms. The molecule has 0 saturated carbocycles. The smallest absolute Gasteiger partial charge is 0.237 e. The first-order valence-electron chi connectivity index (χ1n) is 8.38. The van der Waals surface area contributed by atoms with Crippen LogP contribution in [0.15, 0.2) is 0 Å². The van der Waals surface area contributed by atoms with Gasteiger partial charge in [-0.1, -0.05) is 20.8 Å². The lowest BCUT2D eigenvalue weighted by Crippen LogP contribution is -2.56. The lowest BCUT2D eigenvalue weighted by atomic mass is 10.1. The first-order chi connectivity index (χ1) is 11.0. The number of carbonyl (C=O) groups is 2. The van der Waals surface area contributed by atoms with Crippen molar-refractivity contribution in [3.63, 3.8) is 0 Å². The van der Waals surface area contributed by atoms with Crippen LogP contribution in [0.3, 0.4) is 0 Å². The molecule has 1 aliphatic heterocycles. The number of amides is 2.